The molecule has 1 atom stereocenters. The van der Waals surface area contributed by atoms with Gasteiger partial charge in [0.2, 0.25) is 0 Å². The molecular formula is C13H18N2O. The van der Waals surface area contributed by atoms with Crippen LogP contribution < -0.4 is 4.90 Å². The van der Waals surface area contributed by atoms with Crippen molar-refractivity contribution >= 4 is 5.69 Å². The van der Waals surface area contributed by atoms with Gasteiger partial charge in [0.05, 0.1) is 11.3 Å². The van der Waals surface area contributed by atoms with Crippen LogP contribution in [0.25, 0.3) is 0 Å². The van der Waals surface area contributed by atoms with Crippen LogP contribution in [-0.2, 0) is 4.74 Å². The van der Waals surface area contributed by atoms with Gasteiger partial charge in [-0.25, -0.2) is 0 Å². The quantitative estimate of drug-likeness (QED) is 0.761. The first-order chi connectivity index (χ1) is 7.70. The van der Waals surface area contributed by atoms with Crippen LogP contribution in [0.4, 0.5) is 5.69 Å². The summed E-state index contributed by atoms with van der Waals surface area (Å²) >= 11 is 0. The van der Waals surface area contributed by atoms with E-state index < -0.39 is 0 Å². The number of anilines is 1. The van der Waals surface area contributed by atoms with Crippen molar-refractivity contribution in [1.29, 1.82) is 5.26 Å². The van der Waals surface area contributed by atoms with Gasteiger partial charge in [0, 0.05) is 26.8 Å². The molecule has 3 heteroatoms. The highest BCUT2D eigenvalue weighted by molar-refractivity contribution is 5.59. The Labute approximate surface area is 97.3 Å². The fourth-order valence-electron chi connectivity index (χ4n) is 1.60. The average Bonchev–Trinajstić information content (AvgIpc) is 2.34. The molecule has 0 saturated carbocycles. The maximum absolute atomic E-state index is 9.02. The monoisotopic (exact) mass is 218 g/mol. The molecule has 0 radical (unpaired) electrons. The third kappa shape index (κ3) is 2.98. The van der Waals surface area contributed by atoms with Gasteiger partial charge < -0.3 is 9.64 Å². The molecule has 0 aliphatic carbocycles. The van der Waals surface area contributed by atoms with Crippen LogP contribution in [0.1, 0.15) is 18.9 Å². The van der Waals surface area contributed by atoms with E-state index in [1.54, 1.807) is 7.11 Å². The third-order valence-corrected chi connectivity index (χ3v) is 2.81. The predicted molar refractivity (Wildman–Crippen MR) is 65.5 cm³/mol. The minimum absolute atomic E-state index is 0.356. The standard InChI is InChI=1S/C13H18N2O/c1-11(8-9-16-3)15(2)13-7-5-4-6-12(13)10-14/h4-7,11H,8-9H2,1-3H3. The normalized spacial score (nSPS) is 11.9. The first kappa shape index (κ1) is 12.5. The molecule has 0 saturated heterocycles. The maximum atomic E-state index is 9.02. The summed E-state index contributed by atoms with van der Waals surface area (Å²) in [4.78, 5) is 2.12. The van der Waals surface area contributed by atoms with E-state index in [-0.39, 0.29) is 0 Å². The van der Waals surface area contributed by atoms with E-state index >= 15 is 0 Å². The van der Waals surface area contributed by atoms with Crippen LogP contribution in [-0.4, -0.2) is 26.8 Å². The number of hydrogen-bond acceptors (Lipinski definition) is 3. The van der Waals surface area contributed by atoms with Crippen LogP contribution >= 0.6 is 0 Å². The zero-order chi connectivity index (χ0) is 12.0. The number of nitriles is 1. The molecule has 16 heavy (non-hydrogen) atoms. The van der Waals surface area contributed by atoms with Gasteiger partial charge in [-0.3, -0.25) is 0 Å². The molecule has 0 heterocycles. The summed E-state index contributed by atoms with van der Waals surface area (Å²) in [6.07, 6.45) is 0.951. The SMILES string of the molecule is COCCC(C)N(C)c1ccccc1C#N. The van der Waals surface area contributed by atoms with E-state index in [0.717, 1.165) is 18.7 Å². The molecule has 0 spiro atoms. The van der Waals surface area contributed by atoms with Gasteiger partial charge in [-0.05, 0) is 25.5 Å². The third-order valence-electron chi connectivity index (χ3n) is 2.81. The smallest absolute Gasteiger partial charge is 0.101 e. The Kier molecular flexibility index (Phi) is 4.81. The van der Waals surface area contributed by atoms with Gasteiger partial charge >= 0.3 is 0 Å². The molecule has 1 unspecified atom stereocenters. The van der Waals surface area contributed by atoms with E-state index in [1.807, 2.05) is 31.3 Å². The predicted octanol–water partition coefficient (Wildman–Crippen LogP) is 2.42. The molecule has 0 aliphatic heterocycles. The lowest BCUT2D eigenvalue weighted by atomic mass is 10.1. The molecule has 1 aromatic rings. The van der Waals surface area contributed by atoms with E-state index in [4.69, 9.17) is 10.00 Å². The number of rotatable bonds is 5. The number of para-hydroxylation sites is 1. The first-order valence-corrected chi connectivity index (χ1v) is 5.41. The largest absolute Gasteiger partial charge is 0.385 e. The van der Waals surface area contributed by atoms with Gasteiger partial charge in [-0.2, -0.15) is 5.26 Å². The van der Waals surface area contributed by atoms with Crippen molar-refractivity contribution in [3.05, 3.63) is 29.8 Å². The summed E-state index contributed by atoms with van der Waals surface area (Å²) in [5.41, 5.74) is 1.70. The molecule has 86 valence electrons. The summed E-state index contributed by atoms with van der Waals surface area (Å²) in [6, 6.07) is 10.2. The number of benzene rings is 1. The van der Waals surface area contributed by atoms with Gasteiger partial charge in [0.15, 0.2) is 0 Å². The zero-order valence-electron chi connectivity index (χ0n) is 10.1. The Morgan fingerprint density at radius 3 is 2.75 bits per heavy atom. The van der Waals surface area contributed by atoms with Crippen molar-refractivity contribution in [3.63, 3.8) is 0 Å². The van der Waals surface area contributed by atoms with Gasteiger partial charge in [-0.15, -0.1) is 0 Å². The topological polar surface area (TPSA) is 36.3 Å². The van der Waals surface area contributed by atoms with Crippen molar-refractivity contribution in [2.24, 2.45) is 0 Å². The van der Waals surface area contributed by atoms with E-state index in [0.29, 0.717) is 11.6 Å². The molecule has 1 rings (SSSR count). The van der Waals surface area contributed by atoms with Gasteiger partial charge in [0.25, 0.3) is 0 Å². The number of hydrogen-bond donors (Lipinski definition) is 0. The first-order valence-electron chi connectivity index (χ1n) is 5.41. The van der Waals surface area contributed by atoms with Crippen molar-refractivity contribution in [3.8, 4) is 6.07 Å². The second-order valence-corrected chi connectivity index (χ2v) is 3.87. The van der Waals surface area contributed by atoms with Gasteiger partial charge in [-0.1, -0.05) is 12.1 Å². The average molecular weight is 218 g/mol. The van der Waals surface area contributed by atoms with Crippen LogP contribution in [0, 0.1) is 11.3 Å². The number of methoxy groups -OCH3 is 1. The van der Waals surface area contributed by atoms with Gasteiger partial charge in [0.1, 0.15) is 6.07 Å². The van der Waals surface area contributed by atoms with E-state index in [1.165, 1.54) is 0 Å². The molecule has 0 amide bonds. The molecule has 0 fully saturated rings. The van der Waals surface area contributed by atoms with Crippen LogP contribution in [0.3, 0.4) is 0 Å². The zero-order valence-corrected chi connectivity index (χ0v) is 10.1. The highest BCUT2D eigenvalue weighted by Gasteiger charge is 2.12. The molecule has 0 bridgehead atoms. The lowest BCUT2D eigenvalue weighted by Crippen LogP contribution is -2.30. The Bertz CT molecular complexity index is 370. The fourth-order valence-corrected chi connectivity index (χ4v) is 1.60. The summed E-state index contributed by atoms with van der Waals surface area (Å²) in [5.74, 6) is 0. The second-order valence-electron chi connectivity index (χ2n) is 3.87. The van der Waals surface area contributed by atoms with Crippen molar-refractivity contribution in [1.82, 2.24) is 0 Å². The van der Waals surface area contributed by atoms with Crippen LogP contribution in [0.5, 0.6) is 0 Å². The van der Waals surface area contributed by atoms with E-state index in [9.17, 15) is 0 Å². The highest BCUT2D eigenvalue weighted by atomic mass is 16.5. The minimum Gasteiger partial charge on any atom is -0.385 e. The summed E-state index contributed by atoms with van der Waals surface area (Å²) in [6.45, 7) is 2.87. The second kappa shape index (κ2) is 6.14. The van der Waals surface area contributed by atoms with Crippen molar-refractivity contribution in [2.75, 3.05) is 25.7 Å². The fraction of sp³-hybridized carbons (Fsp3) is 0.462. The minimum atomic E-state index is 0.356. The Hall–Kier alpha value is -1.53. The number of ether oxygens (including phenoxy) is 1. The number of nitrogens with zero attached hydrogens (tertiary/aromatic N) is 2. The Morgan fingerprint density at radius 1 is 1.44 bits per heavy atom. The molecule has 0 aromatic heterocycles. The lowest BCUT2D eigenvalue weighted by Gasteiger charge is -2.27. The lowest BCUT2D eigenvalue weighted by molar-refractivity contribution is 0.189. The van der Waals surface area contributed by atoms with Crippen LogP contribution in [0.15, 0.2) is 24.3 Å². The summed E-state index contributed by atoms with van der Waals surface area (Å²) < 4.78 is 5.06. The van der Waals surface area contributed by atoms with Crippen molar-refractivity contribution < 1.29 is 4.74 Å². The van der Waals surface area contributed by atoms with Crippen molar-refractivity contribution in [2.45, 2.75) is 19.4 Å². The molecule has 3 nitrogen and oxygen atoms in total. The molecule has 0 aliphatic rings. The highest BCUT2D eigenvalue weighted by Crippen LogP contribution is 2.21. The maximum Gasteiger partial charge on any atom is 0.101 e. The Balaban J connectivity index is 2.79. The molecule has 1 aromatic carbocycles. The molecular weight excluding hydrogens is 200 g/mol. The van der Waals surface area contributed by atoms with Crippen LogP contribution in [0.2, 0.25) is 0 Å². The molecule has 0 N–H and O–H groups in total. The summed E-state index contributed by atoms with van der Waals surface area (Å²) in [7, 11) is 3.71. The summed E-state index contributed by atoms with van der Waals surface area (Å²) in [5, 5.41) is 9.02. The Morgan fingerprint density at radius 2 is 2.12 bits per heavy atom. The van der Waals surface area contributed by atoms with E-state index in [2.05, 4.69) is 17.9 Å².